The van der Waals surface area contributed by atoms with E-state index < -0.39 is 0 Å². The smallest absolute Gasteiger partial charge is 0.230 e. The van der Waals surface area contributed by atoms with Crippen LogP contribution in [0.15, 0.2) is 29.2 Å². The van der Waals surface area contributed by atoms with Gasteiger partial charge in [-0.15, -0.1) is 11.8 Å². The molecule has 0 aliphatic heterocycles. The van der Waals surface area contributed by atoms with Crippen LogP contribution in [0.3, 0.4) is 0 Å². The fourth-order valence-corrected chi connectivity index (χ4v) is 2.51. The second kappa shape index (κ2) is 6.11. The van der Waals surface area contributed by atoms with Gasteiger partial charge in [0.25, 0.3) is 0 Å². The van der Waals surface area contributed by atoms with Crippen molar-refractivity contribution < 1.29 is 14.6 Å². The SMILES string of the molecule is COc1ccc(SCC(=O)NC2CC(O)C2)cc1. The maximum atomic E-state index is 11.6. The molecule has 0 spiro atoms. The van der Waals surface area contributed by atoms with Crippen LogP contribution in [0.25, 0.3) is 0 Å². The lowest BCUT2D eigenvalue weighted by Gasteiger charge is -2.31. The zero-order chi connectivity index (χ0) is 13.0. The van der Waals surface area contributed by atoms with Gasteiger partial charge in [-0.25, -0.2) is 0 Å². The molecule has 0 atom stereocenters. The fourth-order valence-electron chi connectivity index (χ4n) is 1.80. The van der Waals surface area contributed by atoms with Gasteiger partial charge >= 0.3 is 0 Å². The van der Waals surface area contributed by atoms with E-state index in [9.17, 15) is 4.79 Å². The third kappa shape index (κ3) is 3.65. The fraction of sp³-hybridized carbons (Fsp3) is 0.462. The Morgan fingerprint density at radius 3 is 2.67 bits per heavy atom. The predicted molar refractivity (Wildman–Crippen MR) is 70.9 cm³/mol. The van der Waals surface area contributed by atoms with Crippen molar-refractivity contribution in [2.45, 2.75) is 29.9 Å². The van der Waals surface area contributed by atoms with Crippen LogP contribution < -0.4 is 10.1 Å². The van der Waals surface area contributed by atoms with E-state index in [0.29, 0.717) is 18.6 Å². The Labute approximate surface area is 111 Å². The number of nitrogens with one attached hydrogen (secondary N) is 1. The molecule has 1 saturated carbocycles. The molecule has 1 aliphatic carbocycles. The predicted octanol–water partition coefficient (Wildman–Crippen LogP) is 1.43. The van der Waals surface area contributed by atoms with E-state index in [0.717, 1.165) is 10.6 Å². The average Bonchev–Trinajstić information content (AvgIpc) is 2.35. The van der Waals surface area contributed by atoms with Gasteiger partial charge in [0, 0.05) is 10.9 Å². The summed E-state index contributed by atoms with van der Waals surface area (Å²) in [6, 6.07) is 7.78. The van der Waals surface area contributed by atoms with Gasteiger partial charge in [0.15, 0.2) is 0 Å². The summed E-state index contributed by atoms with van der Waals surface area (Å²) < 4.78 is 5.07. The molecule has 1 fully saturated rings. The van der Waals surface area contributed by atoms with Crippen LogP contribution in [0, 0.1) is 0 Å². The van der Waals surface area contributed by atoms with Gasteiger partial charge in [-0.2, -0.15) is 0 Å². The molecular formula is C13H17NO3S. The van der Waals surface area contributed by atoms with Crippen LogP contribution in [-0.2, 0) is 4.79 Å². The number of aliphatic hydroxyl groups excluding tert-OH is 1. The average molecular weight is 267 g/mol. The van der Waals surface area contributed by atoms with Crippen molar-refractivity contribution in [1.82, 2.24) is 5.32 Å². The zero-order valence-electron chi connectivity index (χ0n) is 10.3. The summed E-state index contributed by atoms with van der Waals surface area (Å²) >= 11 is 1.49. The number of benzene rings is 1. The number of hydrogen-bond acceptors (Lipinski definition) is 4. The van der Waals surface area contributed by atoms with Gasteiger partial charge in [-0.1, -0.05) is 0 Å². The lowest BCUT2D eigenvalue weighted by molar-refractivity contribution is -0.120. The molecule has 1 aromatic rings. The largest absolute Gasteiger partial charge is 0.497 e. The molecular weight excluding hydrogens is 250 g/mol. The van der Waals surface area contributed by atoms with Gasteiger partial charge in [-0.05, 0) is 37.1 Å². The standard InChI is InChI=1S/C13H17NO3S/c1-17-11-2-4-12(5-3-11)18-8-13(16)14-9-6-10(15)7-9/h2-5,9-10,15H,6-8H2,1H3,(H,14,16). The molecule has 18 heavy (non-hydrogen) atoms. The van der Waals surface area contributed by atoms with Crippen LogP contribution in [0.2, 0.25) is 0 Å². The maximum Gasteiger partial charge on any atom is 0.230 e. The van der Waals surface area contributed by atoms with E-state index in [1.54, 1.807) is 7.11 Å². The molecule has 1 aliphatic rings. The Morgan fingerprint density at radius 1 is 1.44 bits per heavy atom. The maximum absolute atomic E-state index is 11.6. The number of carbonyl (C=O) groups is 1. The number of ether oxygens (including phenoxy) is 1. The first-order chi connectivity index (χ1) is 8.67. The molecule has 0 bridgehead atoms. The number of thioether (sulfide) groups is 1. The van der Waals surface area contributed by atoms with Gasteiger partial charge < -0.3 is 15.2 Å². The van der Waals surface area contributed by atoms with E-state index in [-0.39, 0.29) is 18.1 Å². The molecule has 1 amide bonds. The molecule has 0 unspecified atom stereocenters. The van der Waals surface area contributed by atoms with E-state index in [2.05, 4.69) is 5.32 Å². The first-order valence-corrected chi connectivity index (χ1v) is 6.90. The minimum Gasteiger partial charge on any atom is -0.497 e. The summed E-state index contributed by atoms with van der Waals surface area (Å²) in [5.41, 5.74) is 0. The Bertz CT molecular complexity index is 401. The minimum absolute atomic E-state index is 0.0210. The number of carbonyl (C=O) groups excluding carboxylic acids is 1. The van der Waals surface area contributed by atoms with Gasteiger partial charge in [0.05, 0.1) is 19.0 Å². The number of aliphatic hydroxyl groups is 1. The highest BCUT2D eigenvalue weighted by molar-refractivity contribution is 8.00. The summed E-state index contributed by atoms with van der Waals surface area (Å²) in [5.74, 6) is 1.24. The topological polar surface area (TPSA) is 58.6 Å². The van der Waals surface area contributed by atoms with Crippen molar-refractivity contribution in [3.63, 3.8) is 0 Å². The highest BCUT2D eigenvalue weighted by Crippen LogP contribution is 2.22. The van der Waals surface area contributed by atoms with E-state index >= 15 is 0 Å². The summed E-state index contributed by atoms with van der Waals surface area (Å²) in [7, 11) is 1.63. The molecule has 98 valence electrons. The van der Waals surface area contributed by atoms with Crippen molar-refractivity contribution in [3.05, 3.63) is 24.3 Å². The van der Waals surface area contributed by atoms with Crippen LogP contribution >= 0.6 is 11.8 Å². The third-order valence-corrected chi connectivity index (χ3v) is 3.92. The second-order valence-electron chi connectivity index (χ2n) is 4.35. The van der Waals surface area contributed by atoms with Gasteiger partial charge in [0.1, 0.15) is 5.75 Å². The van der Waals surface area contributed by atoms with Crippen molar-refractivity contribution >= 4 is 17.7 Å². The summed E-state index contributed by atoms with van der Waals surface area (Å²) in [6.45, 7) is 0. The van der Waals surface area contributed by atoms with Crippen molar-refractivity contribution in [3.8, 4) is 5.75 Å². The molecule has 2 rings (SSSR count). The molecule has 2 N–H and O–H groups in total. The monoisotopic (exact) mass is 267 g/mol. The molecule has 0 saturated heterocycles. The number of hydrogen-bond donors (Lipinski definition) is 2. The highest BCUT2D eigenvalue weighted by atomic mass is 32.2. The van der Waals surface area contributed by atoms with Gasteiger partial charge in [-0.3, -0.25) is 4.79 Å². The van der Waals surface area contributed by atoms with Crippen LogP contribution in [0.4, 0.5) is 0 Å². The second-order valence-corrected chi connectivity index (χ2v) is 5.40. The summed E-state index contributed by atoms with van der Waals surface area (Å²) in [6.07, 6.45) is 1.13. The molecule has 5 heteroatoms. The molecule has 0 heterocycles. The molecule has 4 nitrogen and oxygen atoms in total. The van der Waals surface area contributed by atoms with Crippen LogP contribution in [-0.4, -0.2) is 36.0 Å². The van der Waals surface area contributed by atoms with Gasteiger partial charge in [0.2, 0.25) is 5.91 Å². The third-order valence-electron chi connectivity index (χ3n) is 2.91. The normalized spacial score (nSPS) is 22.1. The zero-order valence-corrected chi connectivity index (χ0v) is 11.1. The number of amides is 1. The minimum atomic E-state index is -0.232. The Morgan fingerprint density at radius 2 is 2.11 bits per heavy atom. The quantitative estimate of drug-likeness (QED) is 0.792. The molecule has 0 aromatic heterocycles. The summed E-state index contributed by atoms with van der Waals surface area (Å²) in [4.78, 5) is 12.7. The summed E-state index contributed by atoms with van der Waals surface area (Å²) in [5, 5.41) is 12.0. The van der Waals surface area contributed by atoms with E-state index in [4.69, 9.17) is 9.84 Å². The molecule has 1 aromatic carbocycles. The van der Waals surface area contributed by atoms with Crippen molar-refractivity contribution in [2.75, 3.05) is 12.9 Å². The Kier molecular flexibility index (Phi) is 4.49. The number of rotatable bonds is 5. The van der Waals surface area contributed by atoms with Crippen LogP contribution in [0.1, 0.15) is 12.8 Å². The molecule has 0 radical (unpaired) electrons. The number of methoxy groups -OCH3 is 1. The van der Waals surface area contributed by atoms with Crippen LogP contribution in [0.5, 0.6) is 5.75 Å². The highest BCUT2D eigenvalue weighted by Gasteiger charge is 2.28. The lowest BCUT2D eigenvalue weighted by atomic mass is 9.89. The van der Waals surface area contributed by atoms with E-state index in [1.165, 1.54) is 11.8 Å². The lowest BCUT2D eigenvalue weighted by Crippen LogP contribution is -2.47. The first-order valence-electron chi connectivity index (χ1n) is 5.91. The van der Waals surface area contributed by atoms with E-state index in [1.807, 2.05) is 24.3 Å². The van der Waals surface area contributed by atoms with Crippen molar-refractivity contribution in [1.29, 1.82) is 0 Å². The van der Waals surface area contributed by atoms with Crippen molar-refractivity contribution in [2.24, 2.45) is 0 Å². The Balaban J connectivity index is 1.71. The first kappa shape index (κ1) is 13.2. The Hall–Kier alpha value is -1.20.